The first-order valence-electron chi connectivity index (χ1n) is 8.72. The van der Waals surface area contributed by atoms with Gasteiger partial charge in [0.1, 0.15) is 23.8 Å². The number of anilines is 1. The lowest BCUT2D eigenvalue weighted by molar-refractivity contribution is -0.119. The Morgan fingerprint density at radius 1 is 1.34 bits per heavy atom. The highest BCUT2D eigenvalue weighted by atomic mass is 19.1. The fourth-order valence-electron chi connectivity index (χ4n) is 2.89. The molecule has 1 fully saturated rings. The van der Waals surface area contributed by atoms with E-state index in [9.17, 15) is 14.0 Å². The van der Waals surface area contributed by atoms with Crippen LogP contribution in [0.25, 0.3) is 17.1 Å². The molecule has 1 atom stereocenters. The van der Waals surface area contributed by atoms with E-state index < -0.39 is 18.0 Å². The van der Waals surface area contributed by atoms with Gasteiger partial charge in [0.15, 0.2) is 5.82 Å². The molecule has 11 heteroatoms. The molecular weight excluding hydrogens is 381 g/mol. The average Bonchev–Trinajstić information content (AvgIpc) is 3.34. The minimum Gasteiger partial charge on any atom is -0.442 e. The number of nitrogens with zero attached hydrogens (tertiary/aromatic N) is 6. The van der Waals surface area contributed by atoms with E-state index in [1.54, 1.807) is 24.5 Å². The first-order chi connectivity index (χ1) is 14.0. The van der Waals surface area contributed by atoms with Crippen LogP contribution in [0, 0.1) is 5.82 Å². The molecule has 4 rings (SSSR count). The van der Waals surface area contributed by atoms with Crippen molar-refractivity contribution in [3.8, 4) is 17.1 Å². The van der Waals surface area contributed by atoms with Crippen LogP contribution in [0.4, 0.5) is 14.9 Å². The Labute approximate surface area is 164 Å². The minimum atomic E-state index is -0.598. The van der Waals surface area contributed by atoms with Gasteiger partial charge >= 0.3 is 6.09 Å². The zero-order valence-electron chi connectivity index (χ0n) is 15.3. The third-order valence-corrected chi connectivity index (χ3v) is 4.28. The summed E-state index contributed by atoms with van der Waals surface area (Å²) in [5, 5.41) is 10.5. The summed E-state index contributed by atoms with van der Waals surface area (Å²) in [5.41, 5.74) is 1.55. The largest absolute Gasteiger partial charge is 0.442 e. The predicted molar refractivity (Wildman–Crippen MR) is 98.6 cm³/mol. The van der Waals surface area contributed by atoms with E-state index in [2.05, 4.69) is 25.6 Å². The van der Waals surface area contributed by atoms with Gasteiger partial charge in [-0.2, -0.15) is 0 Å². The molecule has 1 aliphatic heterocycles. The van der Waals surface area contributed by atoms with E-state index in [1.807, 2.05) is 0 Å². The van der Waals surface area contributed by atoms with Crippen molar-refractivity contribution in [2.45, 2.75) is 13.0 Å². The van der Waals surface area contributed by atoms with Gasteiger partial charge < -0.3 is 10.1 Å². The van der Waals surface area contributed by atoms with Gasteiger partial charge in [0.25, 0.3) is 0 Å². The van der Waals surface area contributed by atoms with Crippen LogP contribution >= 0.6 is 0 Å². The van der Waals surface area contributed by atoms with Crippen LogP contribution in [0.3, 0.4) is 0 Å². The van der Waals surface area contributed by atoms with Crippen LogP contribution < -0.4 is 10.2 Å². The molecule has 0 aliphatic carbocycles. The molecule has 10 nitrogen and oxygen atoms in total. The molecule has 0 unspecified atom stereocenters. The number of carbonyl (C=O) groups excluding carboxylic acids is 2. The number of benzene rings is 1. The normalized spacial score (nSPS) is 16.0. The van der Waals surface area contributed by atoms with E-state index in [0.717, 1.165) is 0 Å². The molecule has 0 spiro atoms. The van der Waals surface area contributed by atoms with E-state index in [4.69, 9.17) is 4.74 Å². The number of halogens is 1. The fourth-order valence-corrected chi connectivity index (χ4v) is 2.89. The Balaban J connectivity index is 1.52. The number of aromatic nitrogens is 5. The fraction of sp³-hybridized carbons (Fsp3) is 0.222. The van der Waals surface area contributed by atoms with Crippen molar-refractivity contribution >= 4 is 17.7 Å². The van der Waals surface area contributed by atoms with Crippen molar-refractivity contribution in [2.24, 2.45) is 0 Å². The maximum atomic E-state index is 14.7. The molecule has 3 aromatic rings. The third kappa shape index (κ3) is 3.88. The van der Waals surface area contributed by atoms with Gasteiger partial charge in [-0.1, -0.05) is 5.21 Å². The zero-order valence-corrected chi connectivity index (χ0v) is 15.3. The van der Waals surface area contributed by atoms with Gasteiger partial charge in [-0.25, -0.2) is 23.8 Å². The summed E-state index contributed by atoms with van der Waals surface area (Å²) in [5.74, 6) is -0.802. The second-order valence-corrected chi connectivity index (χ2v) is 6.33. The lowest BCUT2D eigenvalue weighted by Crippen LogP contribution is -2.33. The summed E-state index contributed by atoms with van der Waals surface area (Å²) in [4.78, 5) is 32.3. The van der Waals surface area contributed by atoms with Crippen LogP contribution in [0.1, 0.15) is 6.92 Å². The van der Waals surface area contributed by atoms with Crippen molar-refractivity contribution in [2.75, 3.05) is 18.0 Å². The smallest absolute Gasteiger partial charge is 0.414 e. The average molecular weight is 397 g/mol. The molecular formula is C18H16FN7O3. The molecule has 0 radical (unpaired) electrons. The van der Waals surface area contributed by atoms with Crippen molar-refractivity contribution in [3.05, 3.63) is 48.8 Å². The molecule has 148 valence electrons. The van der Waals surface area contributed by atoms with Crippen molar-refractivity contribution in [3.63, 3.8) is 0 Å². The standard InChI is InChI=1S/C18H16FN7O3/c1-11(27)21-7-13-8-25(18(28)29-13)12-2-3-17(14(19)6-12)26-9-16(23-24-26)15-4-5-20-10-22-15/h2-6,9-10,13H,7-8H2,1H3,(H,21,27)/t13-/m0/s1. The molecule has 29 heavy (non-hydrogen) atoms. The summed E-state index contributed by atoms with van der Waals surface area (Å²) in [6.45, 7) is 1.78. The minimum absolute atomic E-state index is 0.170. The summed E-state index contributed by atoms with van der Waals surface area (Å²) in [6, 6.07) is 5.98. The van der Waals surface area contributed by atoms with Gasteiger partial charge in [0, 0.05) is 13.1 Å². The molecule has 3 heterocycles. The van der Waals surface area contributed by atoms with Crippen LogP contribution in [0.15, 0.2) is 43.0 Å². The summed E-state index contributed by atoms with van der Waals surface area (Å²) < 4.78 is 21.2. The van der Waals surface area contributed by atoms with Crippen LogP contribution in [0.5, 0.6) is 0 Å². The first-order valence-corrected chi connectivity index (χ1v) is 8.72. The quantitative estimate of drug-likeness (QED) is 0.690. The number of rotatable bonds is 5. The van der Waals surface area contributed by atoms with Crippen LogP contribution in [0.2, 0.25) is 0 Å². The van der Waals surface area contributed by atoms with Crippen LogP contribution in [-0.2, 0) is 9.53 Å². The molecule has 0 bridgehead atoms. The van der Waals surface area contributed by atoms with Crippen molar-refractivity contribution in [1.29, 1.82) is 0 Å². The second-order valence-electron chi connectivity index (χ2n) is 6.33. The Morgan fingerprint density at radius 2 is 2.21 bits per heavy atom. The second kappa shape index (κ2) is 7.62. The van der Waals surface area contributed by atoms with E-state index in [-0.39, 0.29) is 24.7 Å². The third-order valence-electron chi connectivity index (χ3n) is 4.28. The monoisotopic (exact) mass is 397 g/mol. The number of nitrogens with one attached hydrogen (secondary N) is 1. The van der Waals surface area contributed by atoms with E-state index >= 15 is 0 Å². The lowest BCUT2D eigenvalue weighted by Gasteiger charge is -2.14. The first kappa shape index (κ1) is 18.5. The van der Waals surface area contributed by atoms with Gasteiger partial charge in [-0.3, -0.25) is 9.69 Å². The number of cyclic esters (lactones) is 1. The Morgan fingerprint density at radius 3 is 2.93 bits per heavy atom. The zero-order chi connectivity index (χ0) is 20.4. The highest BCUT2D eigenvalue weighted by Crippen LogP contribution is 2.25. The summed E-state index contributed by atoms with van der Waals surface area (Å²) in [6.07, 6.45) is 3.41. The molecule has 1 aliphatic rings. The lowest BCUT2D eigenvalue weighted by atomic mass is 10.2. The molecule has 1 saturated heterocycles. The molecule has 2 aromatic heterocycles. The number of hydrogen-bond donors (Lipinski definition) is 1. The van der Waals surface area contributed by atoms with Gasteiger partial charge in [-0.15, -0.1) is 5.10 Å². The SMILES string of the molecule is CC(=O)NC[C@H]1CN(c2ccc(-n3cc(-c4ccncn4)nn3)c(F)c2)C(=O)O1. The molecule has 1 aromatic carbocycles. The summed E-state index contributed by atoms with van der Waals surface area (Å²) >= 11 is 0. The highest BCUT2D eigenvalue weighted by molar-refractivity contribution is 5.90. The number of hydrogen-bond acceptors (Lipinski definition) is 7. The Hall–Kier alpha value is -3.89. The van der Waals surface area contributed by atoms with Crippen LogP contribution in [-0.4, -0.2) is 56.2 Å². The maximum absolute atomic E-state index is 14.7. The summed E-state index contributed by atoms with van der Waals surface area (Å²) in [7, 11) is 0. The molecule has 0 saturated carbocycles. The molecule has 1 N–H and O–H groups in total. The number of amides is 2. The number of ether oxygens (including phenoxy) is 1. The van der Waals surface area contributed by atoms with Gasteiger partial charge in [0.2, 0.25) is 5.91 Å². The predicted octanol–water partition coefficient (Wildman–Crippen LogP) is 1.32. The number of carbonyl (C=O) groups is 2. The topological polar surface area (TPSA) is 115 Å². The van der Waals surface area contributed by atoms with E-state index in [1.165, 1.54) is 35.0 Å². The van der Waals surface area contributed by atoms with E-state index in [0.29, 0.717) is 17.1 Å². The van der Waals surface area contributed by atoms with Crippen molar-refractivity contribution in [1.82, 2.24) is 30.3 Å². The maximum Gasteiger partial charge on any atom is 0.414 e. The van der Waals surface area contributed by atoms with Crippen molar-refractivity contribution < 1.29 is 18.7 Å². The van der Waals surface area contributed by atoms with Gasteiger partial charge in [0.05, 0.1) is 30.7 Å². The highest BCUT2D eigenvalue weighted by Gasteiger charge is 2.32. The van der Waals surface area contributed by atoms with Gasteiger partial charge in [-0.05, 0) is 24.3 Å². The Bertz CT molecular complexity index is 1060. The Kier molecular flexibility index (Phi) is 4.85. The molecule has 2 amide bonds.